The van der Waals surface area contributed by atoms with Crippen LogP contribution in [-0.4, -0.2) is 20.9 Å². The molecule has 0 aromatic carbocycles. The van der Waals surface area contributed by atoms with Crippen LogP contribution in [0.5, 0.6) is 0 Å². The Morgan fingerprint density at radius 2 is 2.28 bits per heavy atom. The number of aromatic nitrogens is 3. The maximum Gasteiger partial charge on any atom is 0.137 e. The van der Waals surface area contributed by atoms with Crippen molar-refractivity contribution in [3.05, 3.63) is 41.8 Å². The van der Waals surface area contributed by atoms with E-state index in [1.54, 1.807) is 11.3 Å². The Hall–Kier alpha value is -1.72. The normalized spacial score (nSPS) is 11.2. The van der Waals surface area contributed by atoms with E-state index in [2.05, 4.69) is 32.7 Å². The molecule has 92 valence electrons. The monoisotopic (exact) mass is 258 g/mol. The molecule has 0 aliphatic rings. The Kier molecular flexibility index (Phi) is 3.08. The number of imidazole rings is 1. The van der Waals surface area contributed by atoms with Gasteiger partial charge >= 0.3 is 0 Å². The second-order valence-corrected chi connectivity index (χ2v) is 5.08. The van der Waals surface area contributed by atoms with Crippen molar-refractivity contribution >= 4 is 17.0 Å². The zero-order valence-electron chi connectivity index (χ0n) is 10.1. The van der Waals surface area contributed by atoms with Gasteiger partial charge in [0, 0.05) is 25.1 Å². The lowest BCUT2D eigenvalue weighted by Crippen LogP contribution is -2.11. The molecule has 0 atom stereocenters. The first kappa shape index (κ1) is 11.4. The molecule has 0 amide bonds. The number of nitrogens with one attached hydrogen (secondary N) is 1. The van der Waals surface area contributed by atoms with Crippen LogP contribution < -0.4 is 5.32 Å². The fraction of sp³-hybridized carbons (Fsp3) is 0.231. The van der Waals surface area contributed by atoms with Crippen LogP contribution in [0.2, 0.25) is 0 Å². The van der Waals surface area contributed by atoms with Gasteiger partial charge in [-0.25, -0.2) is 9.97 Å². The number of hydrogen-bond acceptors (Lipinski definition) is 4. The quantitative estimate of drug-likeness (QED) is 0.782. The predicted octanol–water partition coefficient (Wildman–Crippen LogP) is 2.57. The van der Waals surface area contributed by atoms with Crippen LogP contribution >= 0.6 is 11.3 Å². The van der Waals surface area contributed by atoms with E-state index in [0.717, 1.165) is 29.4 Å². The van der Waals surface area contributed by atoms with Crippen LogP contribution in [0.4, 0.5) is 0 Å². The summed E-state index contributed by atoms with van der Waals surface area (Å²) in [5.41, 5.74) is 2.11. The highest BCUT2D eigenvalue weighted by molar-refractivity contribution is 7.15. The van der Waals surface area contributed by atoms with Crippen molar-refractivity contribution in [1.29, 1.82) is 0 Å². The van der Waals surface area contributed by atoms with Crippen molar-refractivity contribution in [3.8, 4) is 10.6 Å². The van der Waals surface area contributed by atoms with Crippen LogP contribution in [0.3, 0.4) is 0 Å². The third-order valence-corrected chi connectivity index (χ3v) is 3.78. The molecular weight excluding hydrogens is 244 g/mol. The molecular formula is C13H14N4S. The van der Waals surface area contributed by atoms with E-state index in [0.29, 0.717) is 0 Å². The largest absolute Gasteiger partial charge is 0.311 e. The SMILES string of the molecule is CCNCc1ncc(-c2cccc3nccn23)s1. The highest BCUT2D eigenvalue weighted by Gasteiger charge is 2.07. The van der Waals surface area contributed by atoms with Gasteiger partial charge in [-0.2, -0.15) is 0 Å². The van der Waals surface area contributed by atoms with Crippen LogP contribution in [0, 0.1) is 0 Å². The number of fused-ring (bicyclic) bond motifs is 1. The topological polar surface area (TPSA) is 42.2 Å². The summed E-state index contributed by atoms with van der Waals surface area (Å²) in [5, 5.41) is 4.41. The van der Waals surface area contributed by atoms with Crippen LogP contribution in [0.1, 0.15) is 11.9 Å². The summed E-state index contributed by atoms with van der Waals surface area (Å²) in [6.07, 6.45) is 5.74. The van der Waals surface area contributed by atoms with Crippen molar-refractivity contribution in [2.45, 2.75) is 13.5 Å². The molecule has 4 nitrogen and oxygen atoms in total. The first-order valence-corrected chi connectivity index (χ1v) is 6.78. The van der Waals surface area contributed by atoms with Gasteiger partial charge < -0.3 is 5.32 Å². The molecule has 0 radical (unpaired) electrons. The molecule has 3 aromatic heterocycles. The minimum absolute atomic E-state index is 0.834. The number of pyridine rings is 1. The first-order chi connectivity index (χ1) is 8.88. The van der Waals surface area contributed by atoms with Gasteiger partial charge in [0.15, 0.2) is 0 Å². The highest BCUT2D eigenvalue weighted by atomic mass is 32.1. The molecule has 3 heterocycles. The minimum Gasteiger partial charge on any atom is -0.311 e. The third kappa shape index (κ3) is 2.02. The van der Waals surface area contributed by atoms with Gasteiger partial charge in [-0.05, 0) is 18.7 Å². The molecule has 0 aliphatic carbocycles. The summed E-state index contributed by atoms with van der Waals surface area (Å²) in [4.78, 5) is 9.91. The van der Waals surface area contributed by atoms with E-state index >= 15 is 0 Å². The van der Waals surface area contributed by atoms with Gasteiger partial charge in [0.2, 0.25) is 0 Å². The third-order valence-electron chi connectivity index (χ3n) is 2.76. The minimum atomic E-state index is 0.834. The van der Waals surface area contributed by atoms with Gasteiger partial charge in [-0.15, -0.1) is 11.3 Å². The molecule has 0 fully saturated rings. The van der Waals surface area contributed by atoms with Crippen LogP contribution in [0.25, 0.3) is 16.2 Å². The second-order valence-electron chi connectivity index (χ2n) is 3.97. The van der Waals surface area contributed by atoms with E-state index in [-0.39, 0.29) is 0 Å². The van der Waals surface area contributed by atoms with E-state index in [9.17, 15) is 0 Å². The summed E-state index contributed by atoms with van der Waals surface area (Å²) in [7, 11) is 0. The highest BCUT2D eigenvalue weighted by Crippen LogP contribution is 2.26. The molecule has 0 bridgehead atoms. The van der Waals surface area contributed by atoms with Gasteiger partial charge in [0.05, 0.1) is 10.6 Å². The molecule has 3 aromatic rings. The average molecular weight is 258 g/mol. The van der Waals surface area contributed by atoms with Crippen LogP contribution in [0.15, 0.2) is 36.8 Å². The molecule has 0 spiro atoms. The second kappa shape index (κ2) is 4.88. The lowest BCUT2D eigenvalue weighted by Gasteiger charge is -2.01. The van der Waals surface area contributed by atoms with Gasteiger partial charge in [-0.3, -0.25) is 4.40 Å². The standard InChI is InChI=1S/C13H14N4S/c1-2-14-9-13-16-8-11(18-13)10-4-3-5-12-15-6-7-17(10)12/h3-8,14H,2,9H2,1H3. The van der Waals surface area contributed by atoms with E-state index in [1.807, 2.05) is 30.7 Å². The van der Waals surface area contributed by atoms with Gasteiger partial charge in [0.25, 0.3) is 0 Å². The maximum absolute atomic E-state index is 4.44. The van der Waals surface area contributed by atoms with E-state index in [4.69, 9.17) is 0 Å². The Bertz CT molecular complexity index is 656. The molecule has 0 saturated heterocycles. The molecule has 18 heavy (non-hydrogen) atoms. The Labute approximate surface area is 109 Å². The lowest BCUT2D eigenvalue weighted by molar-refractivity contribution is 0.722. The van der Waals surface area contributed by atoms with E-state index < -0.39 is 0 Å². The predicted molar refractivity (Wildman–Crippen MR) is 73.7 cm³/mol. The summed E-state index contributed by atoms with van der Waals surface area (Å²) in [6, 6.07) is 6.13. The Balaban J connectivity index is 1.98. The van der Waals surface area contributed by atoms with Crippen LogP contribution in [-0.2, 0) is 6.54 Å². The summed E-state index contributed by atoms with van der Waals surface area (Å²) >= 11 is 1.72. The fourth-order valence-electron chi connectivity index (χ4n) is 1.89. The number of hydrogen-bond donors (Lipinski definition) is 1. The van der Waals surface area contributed by atoms with E-state index in [1.165, 1.54) is 4.88 Å². The van der Waals surface area contributed by atoms with Crippen molar-refractivity contribution in [2.24, 2.45) is 0 Å². The van der Waals surface area contributed by atoms with Crippen molar-refractivity contribution in [3.63, 3.8) is 0 Å². The molecule has 0 aliphatic heterocycles. The summed E-state index contributed by atoms with van der Waals surface area (Å²) in [5.74, 6) is 0. The van der Waals surface area contributed by atoms with Gasteiger partial charge in [-0.1, -0.05) is 13.0 Å². The molecule has 1 N–H and O–H groups in total. The zero-order chi connectivity index (χ0) is 12.4. The smallest absolute Gasteiger partial charge is 0.137 e. The van der Waals surface area contributed by atoms with Gasteiger partial charge in [0.1, 0.15) is 10.7 Å². The number of thiazole rings is 1. The zero-order valence-corrected chi connectivity index (χ0v) is 10.9. The number of nitrogens with zero attached hydrogens (tertiary/aromatic N) is 3. The fourth-order valence-corrected chi connectivity index (χ4v) is 2.80. The molecule has 3 rings (SSSR count). The average Bonchev–Trinajstić information content (AvgIpc) is 3.04. The first-order valence-electron chi connectivity index (χ1n) is 5.96. The molecule has 0 unspecified atom stereocenters. The number of rotatable bonds is 4. The Morgan fingerprint density at radius 1 is 1.33 bits per heavy atom. The maximum atomic E-state index is 4.44. The summed E-state index contributed by atoms with van der Waals surface area (Å²) in [6.45, 7) is 3.90. The summed E-state index contributed by atoms with van der Waals surface area (Å²) < 4.78 is 2.09. The lowest BCUT2D eigenvalue weighted by atomic mass is 10.3. The van der Waals surface area contributed by atoms with Crippen molar-refractivity contribution in [1.82, 2.24) is 19.7 Å². The molecule has 5 heteroatoms. The van der Waals surface area contributed by atoms with Crippen molar-refractivity contribution < 1.29 is 0 Å². The van der Waals surface area contributed by atoms with Crippen molar-refractivity contribution in [2.75, 3.05) is 6.54 Å². The molecule has 0 saturated carbocycles. The Morgan fingerprint density at radius 3 is 3.17 bits per heavy atom.